The second-order valence-corrected chi connectivity index (χ2v) is 10.7. The number of allylic oxidation sites excluding steroid dienone is 1. The summed E-state index contributed by atoms with van der Waals surface area (Å²) in [6.45, 7) is 11.5. The number of para-hydroxylation sites is 1. The summed E-state index contributed by atoms with van der Waals surface area (Å²) in [5.41, 5.74) is 3.80. The predicted molar refractivity (Wildman–Crippen MR) is 143 cm³/mol. The molecule has 0 radical (unpaired) electrons. The number of aromatic nitrogens is 2. The van der Waals surface area contributed by atoms with E-state index in [0.29, 0.717) is 33.8 Å². The van der Waals surface area contributed by atoms with Gasteiger partial charge in [-0.15, -0.1) is 0 Å². The maximum Gasteiger partial charge on any atom is 0.214 e. The molecular weight excluding hydrogens is 484 g/mol. The molecule has 0 amide bonds. The number of halogens is 1. The Hall–Kier alpha value is -2.94. The van der Waals surface area contributed by atoms with E-state index in [4.69, 9.17) is 21.3 Å². The lowest BCUT2D eigenvalue weighted by atomic mass is 10.1. The van der Waals surface area contributed by atoms with Gasteiger partial charge in [-0.1, -0.05) is 43.3 Å². The summed E-state index contributed by atoms with van der Waals surface area (Å²) in [5.74, 6) is 0.593. The number of pyridine rings is 2. The van der Waals surface area contributed by atoms with Crippen LogP contribution in [0, 0.1) is 6.92 Å². The number of nitrogens with zero attached hydrogens (tertiary/aromatic N) is 3. The minimum absolute atomic E-state index is 0.0770. The Kier molecular flexibility index (Phi) is 8.88. The zero-order chi connectivity index (χ0) is 25.6. The number of aryl methyl sites for hydroxylation is 1. The van der Waals surface area contributed by atoms with E-state index in [9.17, 15) is 8.42 Å². The van der Waals surface area contributed by atoms with Crippen LogP contribution in [0.2, 0.25) is 5.02 Å². The summed E-state index contributed by atoms with van der Waals surface area (Å²) in [6.07, 6.45) is 9.25. The Morgan fingerprint density at radius 3 is 2.77 bits per heavy atom. The molecule has 0 aliphatic carbocycles. The van der Waals surface area contributed by atoms with Crippen LogP contribution in [-0.2, 0) is 23.2 Å². The van der Waals surface area contributed by atoms with Gasteiger partial charge in [0.1, 0.15) is 17.9 Å². The molecule has 7 nitrogen and oxygen atoms in total. The average Bonchev–Trinajstić information content (AvgIpc) is 2.84. The molecule has 0 saturated heterocycles. The molecule has 0 aliphatic heterocycles. The van der Waals surface area contributed by atoms with Gasteiger partial charge in [-0.05, 0) is 44.9 Å². The van der Waals surface area contributed by atoms with Crippen molar-refractivity contribution in [1.29, 1.82) is 0 Å². The number of sulfonamides is 1. The number of rotatable bonds is 11. The number of hydrogen-bond acceptors (Lipinski definition) is 6. The molecule has 3 aromatic rings. The van der Waals surface area contributed by atoms with E-state index < -0.39 is 15.3 Å². The zero-order valence-corrected chi connectivity index (χ0v) is 22.0. The summed E-state index contributed by atoms with van der Waals surface area (Å²) in [4.78, 5) is 10.8. The van der Waals surface area contributed by atoms with Crippen molar-refractivity contribution in [2.45, 2.75) is 52.5 Å². The van der Waals surface area contributed by atoms with Crippen LogP contribution in [0.1, 0.15) is 44.0 Å². The Morgan fingerprint density at radius 2 is 2.09 bits per heavy atom. The number of benzene rings is 1. The number of ether oxygens (including phenoxy) is 1. The van der Waals surface area contributed by atoms with Gasteiger partial charge >= 0.3 is 0 Å². The van der Waals surface area contributed by atoms with Crippen molar-refractivity contribution in [2.75, 3.05) is 4.90 Å². The van der Waals surface area contributed by atoms with Crippen molar-refractivity contribution in [3.63, 3.8) is 0 Å². The molecule has 2 aromatic heterocycles. The number of hydrogen-bond donors (Lipinski definition) is 1. The minimum Gasteiger partial charge on any atom is -0.487 e. The standard InChI is InChI=1S/C26H31ClN4O3S/c1-6-12-31(8-3)24-13-18(4)30-26-21(24)10-9-11-25(26)34-17-22-20(14-28-16-23(22)27)15-29-35(32,33)19(5)7-2/h6,8-14,16,19,29H,3,7,15,17H2,1-2,4-5H3/b12-6-. The van der Waals surface area contributed by atoms with Gasteiger partial charge in [-0.25, -0.2) is 18.1 Å². The first kappa shape index (κ1) is 26.7. The molecule has 1 N–H and O–H groups in total. The number of anilines is 1. The van der Waals surface area contributed by atoms with E-state index in [-0.39, 0.29) is 13.2 Å². The van der Waals surface area contributed by atoms with Crippen molar-refractivity contribution in [3.8, 4) is 5.75 Å². The minimum atomic E-state index is -3.45. The lowest BCUT2D eigenvalue weighted by Gasteiger charge is -2.19. The monoisotopic (exact) mass is 514 g/mol. The van der Waals surface area contributed by atoms with E-state index in [1.807, 2.05) is 62.2 Å². The molecular formula is C26H31ClN4O3S. The molecule has 3 rings (SSSR count). The van der Waals surface area contributed by atoms with E-state index >= 15 is 0 Å². The van der Waals surface area contributed by atoms with E-state index in [2.05, 4.69) is 16.3 Å². The first-order valence-electron chi connectivity index (χ1n) is 11.4. The van der Waals surface area contributed by atoms with Gasteiger partial charge in [-0.3, -0.25) is 4.98 Å². The quantitative estimate of drug-likeness (QED) is 0.344. The van der Waals surface area contributed by atoms with E-state index in [1.165, 1.54) is 6.20 Å². The van der Waals surface area contributed by atoms with Crippen molar-refractivity contribution >= 4 is 38.2 Å². The molecule has 35 heavy (non-hydrogen) atoms. The number of fused-ring (bicyclic) bond motifs is 1. The third-order valence-corrected chi connectivity index (χ3v) is 7.99. The Balaban J connectivity index is 1.93. The van der Waals surface area contributed by atoms with Crippen LogP contribution in [0.25, 0.3) is 10.9 Å². The number of nitrogens with one attached hydrogen (secondary N) is 1. The van der Waals surface area contributed by atoms with Crippen LogP contribution in [0.5, 0.6) is 5.75 Å². The zero-order valence-electron chi connectivity index (χ0n) is 20.5. The molecule has 0 aliphatic rings. The van der Waals surface area contributed by atoms with Gasteiger partial charge < -0.3 is 9.64 Å². The van der Waals surface area contributed by atoms with Crippen molar-refractivity contribution < 1.29 is 13.2 Å². The summed E-state index contributed by atoms with van der Waals surface area (Å²) >= 11 is 6.44. The molecule has 2 heterocycles. The van der Waals surface area contributed by atoms with Gasteiger partial charge in [0, 0.05) is 48.0 Å². The van der Waals surface area contributed by atoms with Crippen LogP contribution in [0.4, 0.5) is 5.69 Å². The molecule has 0 spiro atoms. The van der Waals surface area contributed by atoms with Gasteiger partial charge in [0.2, 0.25) is 10.0 Å². The topological polar surface area (TPSA) is 84.4 Å². The molecule has 9 heteroatoms. The molecule has 1 atom stereocenters. The van der Waals surface area contributed by atoms with Crippen LogP contribution < -0.4 is 14.4 Å². The summed E-state index contributed by atoms with van der Waals surface area (Å²) in [5, 5.41) is 0.820. The molecule has 0 saturated carbocycles. The Bertz CT molecular complexity index is 1340. The fraction of sp³-hybridized carbons (Fsp3) is 0.308. The Morgan fingerprint density at radius 1 is 1.31 bits per heavy atom. The smallest absolute Gasteiger partial charge is 0.214 e. The Labute approximate surface area is 212 Å². The lowest BCUT2D eigenvalue weighted by molar-refractivity contribution is 0.308. The van der Waals surface area contributed by atoms with Crippen molar-refractivity contribution in [3.05, 3.63) is 83.6 Å². The normalized spacial score (nSPS) is 12.7. The van der Waals surface area contributed by atoms with Crippen LogP contribution in [-0.4, -0.2) is 23.6 Å². The summed E-state index contributed by atoms with van der Waals surface area (Å²) in [6, 6.07) is 7.74. The maximum atomic E-state index is 12.4. The van der Waals surface area contributed by atoms with Crippen molar-refractivity contribution in [1.82, 2.24) is 14.7 Å². The summed E-state index contributed by atoms with van der Waals surface area (Å²) < 4.78 is 33.7. The molecule has 1 aromatic carbocycles. The van der Waals surface area contributed by atoms with Crippen LogP contribution in [0.3, 0.4) is 0 Å². The van der Waals surface area contributed by atoms with Gasteiger partial charge in [0.25, 0.3) is 0 Å². The highest BCUT2D eigenvalue weighted by atomic mass is 35.5. The third kappa shape index (κ3) is 6.20. The lowest BCUT2D eigenvalue weighted by Crippen LogP contribution is -2.32. The largest absolute Gasteiger partial charge is 0.487 e. The van der Waals surface area contributed by atoms with Crippen LogP contribution >= 0.6 is 11.6 Å². The first-order chi connectivity index (χ1) is 16.7. The second-order valence-electron chi connectivity index (χ2n) is 8.14. The first-order valence-corrected chi connectivity index (χ1v) is 13.3. The predicted octanol–water partition coefficient (Wildman–Crippen LogP) is 5.87. The molecule has 186 valence electrons. The maximum absolute atomic E-state index is 12.4. The highest BCUT2D eigenvalue weighted by Gasteiger charge is 2.20. The molecule has 1 unspecified atom stereocenters. The fourth-order valence-electron chi connectivity index (χ4n) is 3.56. The fourth-order valence-corrected chi connectivity index (χ4v) is 4.88. The van der Waals surface area contributed by atoms with Crippen molar-refractivity contribution in [2.24, 2.45) is 0 Å². The van der Waals surface area contributed by atoms with Gasteiger partial charge in [0.05, 0.1) is 16.0 Å². The van der Waals surface area contributed by atoms with E-state index in [0.717, 1.165) is 16.8 Å². The average molecular weight is 515 g/mol. The SMILES string of the molecule is C=CN(/C=C\C)c1cc(C)nc2c(OCc3c(Cl)cncc3CNS(=O)(=O)C(C)CC)cccc12. The van der Waals surface area contributed by atoms with E-state index in [1.54, 1.807) is 19.3 Å². The molecule has 0 bridgehead atoms. The molecule has 0 fully saturated rings. The third-order valence-electron chi connectivity index (χ3n) is 5.73. The highest BCUT2D eigenvalue weighted by molar-refractivity contribution is 7.90. The highest BCUT2D eigenvalue weighted by Crippen LogP contribution is 2.33. The summed E-state index contributed by atoms with van der Waals surface area (Å²) in [7, 11) is -3.45. The van der Waals surface area contributed by atoms with Crippen LogP contribution in [0.15, 0.2) is 61.7 Å². The second kappa shape index (κ2) is 11.7. The van der Waals surface area contributed by atoms with Gasteiger partial charge in [0.15, 0.2) is 0 Å². The van der Waals surface area contributed by atoms with Gasteiger partial charge in [-0.2, -0.15) is 0 Å².